The molecule has 3 aromatic rings. The van der Waals surface area contributed by atoms with E-state index in [9.17, 15) is 14.4 Å². The summed E-state index contributed by atoms with van der Waals surface area (Å²) in [6.45, 7) is 1.99. The number of hydrogen-bond donors (Lipinski definition) is 1. The summed E-state index contributed by atoms with van der Waals surface area (Å²) in [5.41, 5.74) is 3.17. The standard InChI is InChI=1S/C26H25NO5/c1-19-6-5-9-22(16-19)27-25(29)14-15-26(30)32-18-24(28)21-10-12-23(13-11-21)31-17-20-7-3-2-4-8-20/h2-13,16H,14-15,17-18H2,1H3,(H,27,29). The Morgan fingerprint density at radius 2 is 1.59 bits per heavy atom. The minimum Gasteiger partial charge on any atom is -0.489 e. The van der Waals surface area contributed by atoms with E-state index in [4.69, 9.17) is 9.47 Å². The van der Waals surface area contributed by atoms with Crippen LogP contribution in [-0.2, 0) is 20.9 Å². The molecule has 0 heterocycles. The van der Waals surface area contributed by atoms with Crippen LogP contribution in [0, 0.1) is 6.92 Å². The van der Waals surface area contributed by atoms with Crippen molar-refractivity contribution in [1.29, 1.82) is 0 Å². The lowest BCUT2D eigenvalue weighted by Crippen LogP contribution is -2.17. The monoisotopic (exact) mass is 431 g/mol. The van der Waals surface area contributed by atoms with Crippen LogP contribution in [0.15, 0.2) is 78.9 Å². The van der Waals surface area contributed by atoms with Crippen molar-refractivity contribution >= 4 is 23.3 Å². The van der Waals surface area contributed by atoms with E-state index < -0.39 is 5.97 Å². The molecule has 0 aliphatic rings. The molecule has 6 nitrogen and oxygen atoms in total. The van der Waals surface area contributed by atoms with E-state index in [-0.39, 0.29) is 31.1 Å². The van der Waals surface area contributed by atoms with Crippen molar-refractivity contribution in [3.05, 3.63) is 95.6 Å². The number of esters is 1. The van der Waals surface area contributed by atoms with E-state index in [0.717, 1.165) is 11.1 Å². The first-order valence-electron chi connectivity index (χ1n) is 10.3. The van der Waals surface area contributed by atoms with Gasteiger partial charge in [0.2, 0.25) is 5.91 Å². The molecule has 0 saturated heterocycles. The van der Waals surface area contributed by atoms with Crippen LogP contribution < -0.4 is 10.1 Å². The maximum Gasteiger partial charge on any atom is 0.306 e. The summed E-state index contributed by atoms with van der Waals surface area (Å²) in [7, 11) is 0. The molecule has 1 amide bonds. The van der Waals surface area contributed by atoms with Gasteiger partial charge in [-0.1, -0.05) is 42.5 Å². The van der Waals surface area contributed by atoms with Gasteiger partial charge in [-0.15, -0.1) is 0 Å². The molecule has 164 valence electrons. The van der Waals surface area contributed by atoms with Gasteiger partial charge in [-0.3, -0.25) is 14.4 Å². The van der Waals surface area contributed by atoms with Gasteiger partial charge in [0.1, 0.15) is 12.4 Å². The maximum absolute atomic E-state index is 12.3. The molecule has 0 aliphatic carbocycles. The van der Waals surface area contributed by atoms with Crippen molar-refractivity contribution in [2.75, 3.05) is 11.9 Å². The lowest BCUT2D eigenvalue weighted by Gasteiger charge is -2.08. The molecule has 0 aromatic heterocycles. The number of nitrogens with one attached hydrogen (secondary N) is 1. The predicted molar refractivity (Wildman–Crippen MR) is 122 cm³/mol. The number of carbonyl (C=O) groups is 3. The van der Waals surface area contributed by atoms with E-state index >= 15 is 0 Å². The number of ketones is 1. The predicted octanol–water partition coefficient (Wildman–Crippen LogP) is 4.72. The molecular weight excluding hydrogens is 406 g/mol. The molecule has 3 rings (SSSR count). The quantitative estimate of drug-likeness (QED) is 0.371. The highest BCUT2D eigenvalue weighted by Crippen LogP contribution is 2.15. The molecule has 0 fully saturated rings. The van der Waals surface area contributed by atoms with Crippen LogP contribution in [0.25, 0.3) is 0 Å². The van der Waals surface area contributed by atoms with Crippen molar-refractivity contribution in [2.24, 2.45) is 0 Å². The van der Waals surface area contributed by atoms with E-state index in [1.54, 1.807) is 30.3 Å². The highest BCUT2D eigenvalue weighted by atomic mass is 16.5. The van der Waals surface area contributed by atoms with Gasteiger partial charge in [0.15, 0.2) is 12.4 Å². The molecule has 0 spiro atoms. The Labute approximate surface area is 187 Å². The zero-order chi connectivity index (χ0) is 22.8. The average Bonchev–Trinajstić information content (AvgIpc) is 2.81. The molecule has 1 N–H and O–H groups in total. The zero-order valence-corrected chi connectivity index (χ0v) is 17.9. The number of ether oxygens (including phenoxy) is 2. The number of rotatable bonds is 10. The lowest BCUT2D eigenvalue weighted by molar-refractivity contribution is -0.143. The highest BCUT2D eigenvalue weighted by Gasteiger charge is 2.12. The Morgan fingerprint density at radius 3 is 2.31 bits per heavy atom. The Balaban J connectivity index is 1.37. The number of benzene rings is 3. The molecule has 0 atom stereocenters. The average molecular weight is 431 g/mol. The van der Waals surface area contributed by atoms with Crippen LogP contribution in [0.5, 0.6) is 5.75 Å². The fourth-order valence-corrected chi connectivity index (χ4v) is 2.94. The second-order valence-corrected chi connectivity index (χ2v) is 7.30. The van der Waals surface area contributed by atoms with E-state index in [2.05, 4.69) is 5.32 Å². The van der Waals surface area contributed by atoms with Gasteiger partial charge >= 0.3 is 5.97 Å². The number of aryl methyl sites for hydroxylation is 1. The Morgan fingerprint density at radius 1 is 0.844 bits per heavy atom. The summed E-state index contributed by atoms with van der Waals surface area (Å²) in [6.07, 6.45) is -0.119. The summed E-state index contributed by atoms with van der Waals surface area (Å²) in [4.78, 5) is 36.1. The van der Waals surface area contributed by atoms with Gasteiger partial charge in [0.05, 0.1) is 6.42 Å². The normalized spacial score (nSPS) is 10.3. The van der Waals surface area contributed by atoms with Gasteiger partial charge in [-0.2, -0.15) is 0 Å². The Hall–Kier alpha value is -3.93. The summed E-state index contributed by atoms with van der Waals surface area (Å²) >= 11 is 0. The molecule has 0 radical (unpaired) electrons. The second-order valence-electron chi connectivity index (χ2n) is 7.30. The van der Waals surface area contributed by atoms with Crippen LogP contribution in [0.1, 0.15) is 34.3 Å². The fraction of sp³-hybridized carbons (Fsp3) is 0.192. The third-order valence-corrected chi connectivity index (χ3v) is 4.65. The van der Waals surface area contributed by atoms with Gasteiger partial charge in [0.25, 0.3) is 0 Å². The fourth-order valence-electron chi connectivity index (χ4n) is 2.94. The van der Waals surface area contributed by atoms with Crippen LogP contribution in [0.3, 0.4) is 0 Å². The van der Waals surface area contributed by atoms with Crippen molar-refractivity contribution in [3.63, 3.8) is 0 Å². The summed E-state index contributed by atoms with van der Waals surface area (Å²) in [6, 6.07) is 23.8. The SMILES string of the molecule is Cc1cccc(NC(=O)CCC(=O)OCC(=O)c2ccc(OCc3ccccc3)cc2)c1. The summed E-state index contributed by atoms with van der Waals surface area (Å²) in [5, 5.41) is 2.73. The number of Topliss-reactive ketones (excluding diaryl/α,β-unsaturated/α-hetero) is 1. The summed E-state index contributed by atoms with van der Waals surface area (Å²) < 4.78 is 10.7. The molecule has 6 heteroatoms. The van der Waals surface area contributed by atoms with Crippen molar-refractivity contribution in [1.82, 2.24) is 0 Å². The number of hydrogen-bond acceptors (Lipinski definition) is 5. The van der Waals surface area contributed by atoms with Crippen LogP contribution >= 0.6 is 0 Å². The number of carbonyl (C=O) groups excluding carboxylic acids is 3. The van der Waals surface area contributed by atoms with Crippen molar-refractivity contribution in [2.45, 2.75) is 26.4 Å². The molecule has 32 heavy (non-hydrogen) atoms. The first kappa shape index (κ1) is 22.7. The lowest BCUT2D eigenvalue weighted by atomic mass is 10.1. The Kier molecular flexibility index (Phi) is 8.15. The molecule has 0 saturated carbocycles. The van der Waals surface area contributed by atoms with Crippen molar-refractivity contribution in [3.8, 4) is 5.75 Å². The zero-order valence-electron chi connectivity index (χ0n) is 17.9. The topological polar surface area (TPSA) is 81.7 Å². The molecular formula is C26H25NO5. The van der Waals surface area contributed by atoms with Crippen LogP contribution in [0.4, 0.5) is 5.69 Å². The van der Waals surface area contributed by atoms with E-state index in [1.165, 1.54) is 0 Å². The largest absolute Gasteiger partial charge is 0.489 e. The smallest absolute Gasteiger partial charge is 0.306 e. The third kappa shape index (κ3) is 7.40. The van der Waals surface area contributed by atoms with Gasteiger partial charge in [-0.25, -0.2) is 0 Å². The van der Waals surface area contributed by atoms with Crippen LogP contribution in [-0.4, -0.2) is 24.3 Å². The van der Waals surface area contributed by atoms with Crippen molar-refractivity contribution < 1.29 is 23.9 Å². The van der Waals surface area contributed by atoms with Crippen LogP contribution in [0.2, 0.25) is 0 Å². The summed E-state index contributed by atoms with van der Waals surface area (Å²) in [5.74, 6) is -0.565. The number of amides is 1. The van der Waals surface area contributed by atoms with E-state index in [0.29, 0.717) is 23.6 Å². The van der Waals surface area contributed by atoms with Gasteiger partial charge in [0, 0.05) is 17.7 Å². The molecule has 0 bridgehead atoms. The minimum absolute atomic E-state index is 0.0194. The molecule has 3 aromatic carbocycles. The maximum atomic E-state index is 12.3. The van der Waals surface area contributed by atoms with E-state index in [1.807, 2.05) is 55.5 Å². The Bertz CT molecular complexity index is 1060. The highest BCUT2D eigenvalue weighted by molar-refractivity contribution is 5.98. The van der Waals surface area contributed by atoms with Gasteiger partial charge < -0.3 is 14.8 Å². The third-order valence-electron chi connectivity index (χ3n) is 4.65. The molecule has 0 unspecified atom stereocenters. The molecule has 0 aliphatic heterocycles. The van der Waals surface area contributed by atoms with Gasteiger partial charge in [-0.05, 0) is 54.4 Å². The first-order valence-corrected chi connectivity index (χ1v) is 10.3. The first-order chi connectivity index (χ1) is 15.5. The number of anilines is 1. The second kappa shape index (κ2) is 11.5. The minimum atomic E-state index is -0.597.